The first-order valence-corrected chi connectivity index (χ1v) is 12.5. The smallest absolute Gasteiger partial charge is 0.247 e. The number of rotatable bonds is 5. The van der Waals surface area contributed by atoms with Gasteiger partial charge in [0.2, 0.25) is 17.7 Å². The van der Waals surface area contributed by atoms with Crippen LogP contribution in [0.15, 0.2) is 60.7 Å². The first-order valence-electron chi connectivity index (χ1n) is 12.5. The number of anilines is 1. The van der Waals surface area contributed by atoms with Crippen LogP contribution >= 0.6 is 0 Å². The summed E-state index contributed by atoms with van der Waals surface area (Å²) < 4.78 is 0. The number of piperazine rings is 1. The lowest BCUT2D eigenvalue weighted by Gasteiger charge is -2.41. The predicted octanol–water partition coefficient (Wildman–Crippen LogP) is 1.39. The Labute approximate surface area is 206 Å². The molecule has 2 aromatic rings. The molecule has 0 bridgehead atoms. The fraction of sp³-hybridized carbons (Fsp3) is 0.444. The van der Waals surface area contributed by atoms with Crippen molar-refractivity contribution in [3.63, 3.8) is 0 Å². The lowest BCUT2D eigenvalue weighted by atomic mass is 9.84. The molecule has 0 saturated carbocycles. The third-order valence-electron chi connectivity index (χ3n) is 7.45. The van der Waals surface area contributed by atoms with Crippen molar-refractivity contribution >= 4 is 23.4 Å². The Morgan fingerprint density at radius 1 is 0.886 bits per heavy atom. The number of hydrazine groups is 1. The van der Waals surface area contributed by atoms with Gasteiger partial charge in [-0.1, -0.05) is 48.5 Å². The molecule has 184 valence electrons. The Kier molecular flexibility index (Phi) is 6.83. The summed E-state index contributed by atoms with van der Waals surface area (Å²) in [5.41, 5.74) is 5.31. The second-order valence-corrected chi connectivity index (χ2v) is 9.79. The average molecular weight is 476 g/mol. The fourth-order valence-electron chi connectivity index (χ4n) is 5.52. The van der Waals surface area contributed by atoms with Gasteiger partial charge in [-0.15, -0.1) is 0 Å². The van der Waals surface area contributed by atoms with Crippen molar-refractivity contribution in [2.45, 2.75) is 18.9 Å². The molecule has 3 amide bonds. The van der Waals surface area contributed by atoms with Crippen molar-refractivity contribution in [1.29, 1.82) is 0 Å². The maximum atomic E-state index is 13.6. The third-order valence-corrected chi connectivity index (χ3v) is 7.45. The predicted molar refractivity (Wildman–Crippen MR) is 133 cm³/mol. The second kappa shape index (κ2) is 10.2. The van der Waals surface area contributed by atoms with Crippen LogP contribution in [0.25, 0.3) is 0 Å². The number of piperidine rings is 1. The summed E-state index contributed by atoms with van der Waals surface area (Å²) in [6, 6.07) is 19.3. The Morgan fingerprint density at radius 3 is 2.20 bits per heavy atom. The van der Waals surface area contributed by atoms with E-state index in [2.05, 4.69) is 10.3 Å². The molecule has 3 heterocycles. The maximum absolute atomic E-state index is 13.6. The monoisotopic (exact) mass is 475 g/mol. The van der Waals surface area contributed by atoms with Gasteiger partial charge in [0, 0.05) is 45.7 Å². The van der Waals surface area contributed by atoms with Crippen LogP contribution < -0.4 is 10.4 Å². The molecule has 8 nitrogen and oxygen atoms in total. The largest absolute Gasteiger partial charge is 0.339 e. The summed E-state index contributed by atoms with van der Waals surface area (Å²) in [7, 11) is 1.97. The molecule has 0 spiro atoms. The quantitative estimate of drug-likeness (QED) is 0.707. The highest BCUT2D eigenvalue weighted by molar-refractivity contribution is 5.98. The number of amides is 3. The van der Waals surface area contributed by atoms with Crippen molar-refractivity contribution < 1.29 is 14.4 Å². The number of carbonyl (C=O) groups is 3. The summed E-state index contributed by atoms with van der Waals surface area (Å²) in [6.45, 7) is 3.41. The van der Waals surface area contributed by atoms with Gasteiger partial charge in [0.15, 0.2) is 0 Å². The lowest BCUT2D eigenvalue weighted by molar-refractivity contribution is -0.144. The van der Waals surface area contributed by atoms with E-state index in [1.165, 1.54) is 0 Å². The van der Waals surface area contributed by atoms with Gasteiger partial charge in [-0.05, 0) is 31.2 Å². The van der Waals surface area contributed by atoms with E-state index in [-0.39, 0.29) is 35.6 Å². The van der Waals surface area contributed by atoms with E-state index in [0.29, 0.717) is 45.7 Å². The summed E-state index contributed by atoms with van der Waals surface area (Å²) >= 11 is 0. The van der Waals surface area contributed by atoms with Crippen LogP contribution in [0, 0.1) is 11.8 Å². The van der Waals surface area contributed by atoms with Crippen LogP contribution in [0.4, 0.5) is 5.69 Å². The molecule has 0 aliphatic carbocycles. The van der Waals surface area contributed by atoms with Crippen LogP contribution in [0.5, 0.6) is 0 Å². The number of nitrogens with one attached hydrogen (secondary N) is 1. The van der Waals surface area contributed by atoms with Crippen molar-refractivity contribution in [3.05, 3.63) is 66.2 Å². The molecule has 3 atom stereocenters. The number of aryl methyl sites for hydroxylation is 1. The lowest BCUT2D eigenvalue weighted by Crippen LogP contribution is -2.59. The summed E-state index contributed by atoms with van der Waals surface area (Å²) in [5, 5.41) is 1.61. The number of hydrogen-bond donors (Lipinski definition) is 1. The number of likely N-dealkylation sites (tertiary alicyclic amines) is 1. The molecule has 3 aliphatic rings. The maximum Gasteiger partial charge on any atom is 0.247 e. The normalized spacial score (nSPS) is 25.0. The van der Waals surface area contributed by atoms with Crippen LogP contribution in [0.3, 0.4) is 0 Å². The van der Waals surface area contributed by atoms with Crippen molar-refractivity contribution in [2.24, 2.45) is 11.8 Å². The Balaban J connectivity index is 1.19. The Bertz CT molecular complexity index is 1060. The fourth-order valence-corrected chi connectivity index (χ4v) is 5.52. The molecular formula is C27H33N5O3. The third kappa shape index (κ3) is 4.94. The van der Waals surface area contributed by atoms with E-state index in [0.717, 1.165) is 17.7 Å². The number of nitrogens with zero attached hydrogens (tertiary/aromatic N) is 4. The second-order valence-electron chi connectivity index (χ2n) is 9.79. The van der Waals surface area contributed by atoms with Gasteiger partial charge in [0.05, 0.1) is 23.6 Å². The minimum atomic E-state index is -0.309. The molecule has 3 saturated heterocycles. The van der Waals surface area contributed by atoms with Crippen molar-refractivity contribution in [1.82, 2.24) is 20.1 Å². The van der Waals surface area contributed by atoms with Gasteiger partial charge in [-0.25, -0.2) is 10.4 Å². The van der Waals surface area contributed by atoms with Gasteiger partial charge in [-0.3, -0.25) is 14.4 Å². The molecule has 8 heteroatoms. The van der Waals surface area contributed by atoms with E-state index in [1.54, 1.807) is 5.01 Å². The van der Waals surface area contributed by atoms with Crippen molar-refractivity contribution in [2.75, 3.05) is 51.3 Å². The molecule has 1 N–H and O–H groups in total. The highest BCUT2D eigenvalue weighted by atomic mass is 16.2. The SMILES string of the molecule is CN1CC(C(=O)N2CCN(C(=O)CCc3ccccc3)CC2)C2NN(c3ccccc3)C(=O)C2C1. The minimum Gasteiger partial charge on any atom is -0.339 e. The molecule has 35 heavy (non-hydrogen) atoms. The van der Waals surface area contributed by atoms with Crippen molar-refractivity contribution in [3.8, 4) is 0 Å². The standard InChI is InChI=1S/C27H33N5O3/c1-29-18-22(25-23(19-29)27(35)32(28-25)21-10-6-3-7-11-21)26(34)31-16-14-30(15-17-31)24(33)13-12-20-8-4-2-5-9-20/h2-11,22-23,25,28H,12-19H2,1H3. The molecule has 3 unspecified atom stereocenters. The summed E-state index contributed by atoms with van der Waals surface area (Å²) in [5.74, 6) is -0.349. The zero-order valence-electron chi connectivity index (χ0n) is 20.2. The van der Waals surface area contributed by atoms with Crippen LogP contribution in [0.1, 0.15) is 12.0 Å². The first kappa shape index (κ1) is 23.5. The zero-order valence-corrected chi connectivity index (χ0v) is 20.2. The summed E-state index contributed by atoms with van der Waals surface area (Å²) in [4.78, 5) is 45.3. The highest BCUT2D eigenvalue weighted by Crippen LogP contribution is 2.32. The van der Waals surface area contributed by atoms with Gasteiger partial charge in [0.1, 0.15) is 0 Å². The van der Waals surface area contributed by atoms with Gasteiger partial charge >= 0.3 is 0 Å². The number of para-hydroxylation sites is 1. The van der Waals surface area contributed by atoms with E-state index in [1.807, 2.05) is 77.5 Å². The minimum absolute atomic E-state index is 0.0133. The zero-order chi connectivity index (χ0) is 24.4. The first-order chi connectivity index (χ1) is 17.0. The molecule has 3 fully saturated rings. The number of fused-ring (bicyclic) bond motifs is 1. The van der Waals surface area contributed by atoms with E-state index >= 15 is 0 Å². The molecule has 3 aliphatic heterocycles. The molecule has 2 aromatic carbocycles. The average Bonchev–Trinajstić information content (AvgIpc) is 3.23. The number of carbonyl (C=O) groups excluding carboxylic acids is 3. The topological polar surface area (TPSA) is 76.2 Å². The molecular weight excluding hydrogens is 442 g/mol. The van der Waals surface area contributed by atoms with Gasteiger partial charge < -0.3 is 14.7 Å². The van der Waals surface area contributed by atoms with Crippen LogP contribution in [0.2, 0.25) is 0 Å². The van der Waals surface area contributed by atoms with Gasteiger partial charge in [0.25, 0.3) is 0 Å². The van der Waals surface area contributed by atoms with Crippen LogP contribution in [-0.4, -0.2) is 84.8 Å². The highest BCUT2D eigenvalue weighted by Gasteiger charge is 2.51. The van der Waals surface area contributed by atoms with Crippen LogP contribution in [-0.2, 0) is 20.8 Å². The van der Waals surface area contributed by atoms with E-state index < -0.39 is 0 Å². The van der Waals surface area contributed by atoms with Gasteiger partial charge in [-0.2, -0.15) is 0 Å². The Hall–Kier alpha value is -3.23. The number of benzene rings is 2. The van der Waals surface area contributed by atoms with E-state index in [4.69, 9.17) is 0 Å². The number of hydrogen-bond acceptors (Lipinski definition) is 5. The van der Waals surface area contributed by atoms with E-state index in [9.17, 15) is 14.4 Å². The summed E-state index contributed by atoms with van der Waals surface area (Å²) in [6.07, 6.45) is 1.21. The molecule has 5 rings (SSSR count). The molecule has 0 radical (unpaired) electrons. The Morgan fingerprint density at radius 2 is 1.51 bits per heavy atom. The molecule has 0 aromatic heterocycles.